The molecule has 4 aromatic carbocycles. The van der Waals surface area contributed by atoms with Gasteiger partial charge in [-0.3, -0.25) is 4.79 Å². The standard InChI is InChI=1S/C34H32N2O/c1-34(2,3)32(31(24-35)29-22-20-27(21-23-29)26-14-8-5-9-15-26)36-33(37)30-17-11-10-16-28(30)19-18-25-12-6-4-7-13-25/h4-17,20-23H,18-19H2,1-3H3,(H,36,37). The second kappa shape index (κ2) is 11.5. The Morgan fingerprint density at radius 1 is 0.730 bits per heavy atom. The number of nitrogens with zero attached hydrogens (tertiary/aromatic N) is 1. The Morgan fingerprint density at radius 3 is 1.92 bits per heavy atom. The van der Waals surface area contributed by atoms with Crippen LogP contribution in [0.15, 0.2) is 115 Å². The smallest absolute Gasteiger partial charge is 0.255 e. The van der Waals surface area contributed by atoms with Gasteiger partial charge in [0.15, 0.2) is 0 Å². The molecule has 0 fully saturated rings. The Bertz CT molecular complexity index is 1420. The summed E-state index contributed by atoms with van der Waals surface area (Å²) >= 11 is 0. The number of aryl methyl sites for hydroxylation is 2. The number of amides is 1. The summed E-state index contributed by atoms with van der Waals surface area (Å²) in [6.07, 6.45) is 1.61. The Morgan fingerprint density at radius 2 is 1.30 bits per heavy atom. The van der Waals surface area contributed by atoms with Crippen LogP contribution in [-0.2, 0) is 12.8 Å². The van der Waals surface area contributed by atoms with E-state index in [9.17, 15) is 10.1 Å². The SMILES string of the molecule is CC(C)(C)C(NC(=O)c1ccccc1CCc1ccccc1)=C(C#N)c1ccc(-c2ccccc2)cc1. The molecule has 1 amide bonds. The van der Waals surface area contributed by atoms with Crippen molar-refractivity contribution in [2.75, 3.05) is 0 Å². The third-order valence-corrected chi connectivity index (χ3v) is 6.42. The predicted octanol–water partition coefficient (Wildman–Crippen LogP) is 7.85. The lowest BCUT2D eigenvalue weighted by molar-refractivity contribution is 0.0957. The summed E-state index contributed by atoms with van der Waals surface area (Å²) in [6, 6.07) is 38.4. The molecule has 0 unspecified atom stereocenters. The summed E-state index contributed by atoms with van der Waals surface area (Å²) < 4.78 is 0. The summed E-state index contributed by atoms with van der Waals surface area (Å²) in [6.45, 7) is 6.04. The highest BCUT2D eigenvalue weighted by atomic mass is 16.1. The number of nitrogens with one attached hydrogen (secondary N) is 1. The topological polar surface area (TPSA) is 52.9 Å². The van der Waals surface area contributed by atoms with Crippen molar-refractivity contribution in [3.8, 4) is 17.2 Å². The zero-order valence-corrected chi connectivity index (χ0v) is 21.7. The summed E-state index contributed by atoms with van der Waals surface area (Å²) in [4.78, 5) is 13.6. The van der Waals surface area contributed by atoms with Crippen LogP contribution in [0.4, 0.5) is 0 Å². The molecule has 4 rings (SSSR count). The van der Waals surface area contributed by atoms with E-state index < -0.39 is 5.41 Å². The molecule has 0 bridgehead atoms. The van der Waals surface area contributed by atoms with Crippen LogP contribution in [0, 0.1) is 16.7 Å². The van der Waals surface area contributed by atoms with Gasteiger partial charge in [0.1, 0.15) is 6.07 Å². The van der Waals surface area contributed by atoms with Crippen LogP contribution in [0.1, 0.15) is 47.8 Å². The molecule has 3 nitrogen and oxygen atoms in total. The zero-order chi connectivity index (χ0) is 26.3. The lowest BCUT2D eigenvalue weighted by Gasteiger charge is -2.26. The molecule has 0 heterocycles. The van der Waals surface area contributed by atoms with Crippen molar-refractivity contribution in [3.05, 3.63) is 137 Å². The molecule has 184 valence electrons. The van der Waals surface area contributed by atoms with Gasteiger partial charge in [-0.25, -0.2) is 0 Å². The molecule has 0 saturated heterocycles. The van der Waals surface area contributed by atoms with E-state index in [2.05, 4.69) is 35.7 Å². The molecule has 0 radical (unpaired) electrons. The van der Waals surface area contributed by atoms with Crippen LogP contribution in [0.2, 0.25) is 0 Å². The Labute approximate surface area is 220 Å². The van der Waals surface area contributed by atoms with Crippen molar-refractivity contribution >= 4 is 11.5 Å². The highest BCUT2D eigenvalue weighted by Gasteiger charge is 2.25. The minimum Gasteiger partial charge on any atom is -0.324 e. The molecular weight excluding hydrogens is 452 g/mol. The first kappa shape index (κ1) is 25.7. The van der Waals surface area contributed by atoms with Gasteiger partial charge in [0.25, 0.3) is 5.91 Å². The first-order chi connectivity index (χ1) is 17.9. The van der Waals surface area contributed by atoms with Crippen molar-refractivity contribution in [1.29, 1.82) is 5.26 Å². The Hall–Kier alpha value is -4.42. The molecule has 0 aliphatic heterocycles. The molecule has 4 aromatic rings. The minimum atomic E-state index is -0.447. The number of carbonyl (C=O) groups is 1. The number of nitriles is 1. The molecule has 0 atom stereocenters. The van der Waals surface area contributed by atoms with Crippen LogP contribution in [0.25, 0.3) is 16.7 Å². The van der Waals surface area contributed by atoms with Gasteiger partial charge >= 0.3 is 0 Å². The van der Waals surface area contributed by atoms with Crippen LogP contribution in [-0.4, -0.2) is 5.91 Å². The Balaban J connectivity index is 1.63. The molecule has 0 spiro atoms. The van der Waals surface area contributed by atoms with Gasteiger partial charge < -0.3 is 5.32 Å². The quantitative estimate of drug-likeness (QED) is 0.272. The van der Waals surface area contributed by atoms with Gasteiger partial charge in [-0.05, 0) is 46.7 Å². The van der Waals surface area contributed by atoms with Crippen molar-refractivity contribution in [1.82, 2.24) is 5.32 Å². The molecule has 0 aromatic heterocycles. The summed E-state index contributed by atoms with van der Waals surface area (Å²) in [7, 11) is 0. The van der Waals surface area contributed by atoms with Crippen LogP contribution in [0.5, 0.6) is 0 Å². The minimum absolute atomic E-state index is 0.192. The second-order valence-corrected chi connectivity index (χ2v) is 10.2. The van der Waals surface area contributed by atoms with Crippen LogP contribution >= 0.6 is 0 Å². The largest absolute Gasteiger partial charge is 0.324 e. The fourth-order valence-corrected chi connectivity index (χ4v) is 4.41. The normalized spacial score (nSPS) is 11.8. The number of benzene rings is 4. The maximum Gasteiger partial charge on any atom is 0.255 e. The van der Waals surface area contributed by atoms with Crippen molar-refractivity contribution < 1.29 is 4.79 Å². The molecule has 0 aliphatic carbocycles. The number of allylic oxidation sites excluding steroid dienone is 2. The first-order valence-electron chi connectivity index (χ1n) is 12.6. The maximum atomic E-state index is 13.6. The summed E-state index contributed by atoms with van der Waals surface area (Å²) in [5.74, 6) is -0.192. The van der Waals surface area contributed by atoms with Gasteiger partial charge in [0, 0.05) is 16.7 Å². The van der Waals surface area contributed by atoms with Gasteiger partial charge in [-0.15, -0.1) is 0 Å². The van der Waals surface area contributed by atoms with E-state index >= 15 is 0 Å². The van der Waals surface area contributed by atoms with Crippen molar-refractivity contribution in [2.24, 2.45) is 5.41 Å². The molecule has 3 heteroatoms. The highest BCUT2D eigenvalue weighted by Crippen LogP contribution is 2.32. The molecule has 37 heavy (non-hydrogen) atoms. The van der Waals surface area contributed by atoms with Crippen molar-refractivity contribution in [3.63, 3.8) is 0 Å². The Kier molecular flexibility index (Phi) is 8.01. The molecule has 0 aliphatic rings. The fourth-order valence-electron chi connectivity index (χ4n) is 4.41. The number of hydrogen-bond donors (Lipinski definition) is 1. The van der Waals surface area contributed by atoms with E-state index in [0.717, 1.165) is 35.1 Å². The van der Waals surface area contributed by atoms with Gasteiger partial charge in [0.05, 0.1) is 5.57 Å². The second-order valence-electron chi connectivity index (χ2n) is 10.2. The van der Waals surface area contributed by atoms with E-state index in [1.165, 1.54) is 5.56 Å². The number of hydrogen-bond acceptors (Lipinski definition) is 2. The van der Waals surface area contributed by atoms with Crippen LogP contribution in [0.3, 0.4) is 0 Å². The van der Waals surface area contributed by atoms with Crippen LogP contribution < -0.4 is 5.32 Å². The third-order valence-electron chi connectivity index (χ3n) is 6.42. The van der Waals surface area contributed by atoms with Gasteiger partial charge in [-0.2, -0.15) is 5.26 Å². The number of rotatable bonds is 7. The summed E-state index contributed by atoms with van der Waals surface area (Å²) in [5, 5.41) is 13.3. The molecular formula is C34H32N2O. The van der Waals surface area contributed by atoms with E-state index in [1.807, 2.05) is 106 Å². The maximum absolute atomic E-state index is 13.6. The van der Waals surface area contributed by atoms with Gasteiger partial charge in [0.2, 0.25) is 0 Å². The van der Waals surface area contributed by atoms with E-state index in [1.54, 1.807) is 0 Å². The average Bonchev–Trinajstić information content (AvgIpc) is 2.93. The van der Waals surface area contributed by atoms with E-state index in [0.29, 0.717) is 16.8 Å². The van der Waals surface area contributed by atoms with Gasteiger partial charge in [-0.1, -0.05) is 124 Å². The molecule has 0 saturated carbocycles. The zero-order valence-electron chi connectivity index (χ0n) is 21.7. The first-order valence-corrected chi connectivity index (χ1v) is 12.6. The average molecular weight is 485 g/mol. The lowest BCUT2D eigenvalue weighted by Crippen LogP contribution is -2.32. The third kappa shape index (κ3) is 6.42. The predicted molar refractivity (Wildman–Crippen MR) is 152 cm³/mol. The van der Waals surface area contributed by atoms with Crippen molar-refractivity contribution in [2.45, 2.75) is 33.6 Å². The fraction of sp³-hybridized carbons (Fsp3) is 0.176. The highest BCUT2D eigenvalue weighted by molar-refractivity contribution is 5.98. The van der Waals surface area contributed by atoms with E-state index in [-0.39, 0.29) is 5.91 Å². The van der Waals surface area contributed by atoms with E-state index in [4.69, 9.17) is 0 Å². The monoisotopic (exact) mass is 484 g/mol. The number of carbonyl (C=O) groups excluding carboxylic acids is 1. The lowest BCUT2D eigenvalue weighted by atomic mass is 9.86. The summed E-state index contributed by atoms with van der Waals surface area (Å²) in [5.41, 5.74) is 6.48. The molecule has 1 N–H and O–H groups in total.